The Kier molecular flexibility index (Phi) is 5.61. The monoisotopic (exact) mass is 399 g/mol. The molecule has 0 aliphatic rings. The highest BCUT2D eigenvalue weighted by molar-refractivity contribution is 6.30. The standard InChI is InChI=1S/C17H14ClN7O3/c1-10-6-7-19-13(8-10)22-15-14(25(27)28)16(21-9-20-15)23-24-17(26)11-2-4-12(18)5-3-11/h2-9H,1H3,(H,24,26)(H2,19,20,21,22,23). The van der Waals surface area contributed by atoms with Crippen LogP contribution in [0.25, 0.3) is 0 Å². The Bertz CT molecular complexity index is 1030. The number of nitrogens with zero attached hydrogens (tertiary/aromatic N) is 4. The van der Waals surface area contributed by atoms with Gasteiger partial charge in [0.05, 0.1) is 4.92 Å². The maximum atomic E-state index is 12.2. The summed E-state index contributed by atoms with van der Waals surface area (Å²) in [5.74, 6) is -0.379. The quantitative estimate of drug-likeness (QED) is 0.424. The summed E-state index contributed by atoms with van der Waals surface area (Å²) in [4.78, 5) is 34.9. The highest BCUT2D eigenvalue weighted by atomic mass is 35.5. The summed E-state index contributed by atoms with van der Waals surface area (Å²) in [5, 5.41) is 14.8. The summed E-state index contributed by atoms with van der Waals surface area (Å²) < 4.78 is 0. The zero-order valence-corrected chi connectivity index (χ0v) is 15.3. The number of amides is 1. The molecule has 11 heteroatoms. The van der Waals surface area contributed by atoms with Gasteiger partial charge in [-0.05, 0) is 48.9 Å². The summed E-state index contributed by atoms with van der Waals surface area (Å²) in [6.07, 6.45) is 2.69. The van der Waals surface area contributed by atoms with Crippen molar-refractivity contribution in [2.75, 3.05) is 10.7 Å². The van der Waals surface area contributed by atoms with Gasteiger partial charge in [0, 0.05) is 16.8 Å². The average Bonchev–Trinajstić information content (AvgIpc) is 2.66. The number of aryl methyl sites for hydroxylation is 1. The molecule has 0 radical (unpaired) electrons. The fourth-order valence-corrected chi connectivity index (χ4v) is 2.38. The van der Waals surface area contributed by atoms with Crippen LogP contribution in [0.3, 0.4) is 0 Å². The second kappa shape index (κ2) is 8.27. The number of benzene rings is 1. The zero-order valence-electron chi connectivity index (χ0n) is 14.5. The summed E-state index contributed by atoms with van der Waals surface area (Å²) in [5.41, 5.74) is 5.61. The molecule has 1 aromatic carbocycles. The molecule has 0 unspecified atom stereocenters. The van der Waals surface area contributed by atoms with Gasteiger partial charge in [-0.2, -0.15) is 0 Å². The second-order valence-electron chi connectivity index (χ2n) is 5.61. The van der Waals surface area contributed by atoms with E-state index in [0.29, 0.717) is 16.4 Å². The number of halogens is 1. The molecule has 3 aromatic rings. The van der Waals surface area contributed by atoms with Crippen LogP contribution in [0.1, 0.15) is 15.9 Å². The number of nitro groups is 1. The predicted octanol–water partition coefficient (Wildman–Crippen LogP) is 3.24. The number of hydrazine groups is 1. The molecule has 10 nitrogen and oxygen atoms in total. The summed E-state index contributed by atoms with van der Waals surface area (Å²) >= 11 is 5.79. The molecule has 3 N–H and O–H groups in total. The third-order valence-corrected chi connectivity index (χ3v) is 3.82. The fraction of sp³-hybridized carbons (Fsp3) is 0.0588. The van der Waals surface area contributed by atoms with Gasteiger partial charge in [0.15, 0.2) is 0 Å². The Labute approximate surface area is 164 Å². The van der Waals surface area contributed by atoms with Crippen LogP contribution in [0, 0.1) is 17.0 Å². The molecule has 0 atom stereocenters. The summed E-state index contributed by atoms with van der Waals surface area (Å²) in [6.45, 7) is 1.86. The van der Waals surface area contributed by atoms with E-state index in [2.05, 4.69) is 31.1 Å². The maximum absolute atomic E-state index is 12.2. The Morgan fingerprint density at radius 3 is 2.50 bits per heavy atom. The first-order valence-electron chi connectivity index (χ1n) is 7.95. The molecule has 0 saturated heterocycles. The number of rotatable bonds is 6. The lowest BCUT2D eigenvalue weighted by atomic mass is 10.2. The van der Waals surface area contributed by atoms with E-state index in [1.807, 2.05) is 6.92 Å². The van der Waals surface area contributed by atoms with Gasteiger partial charge in [-0.1, -0.05) is 11.6 Å². The van der Waals surface area contributed by atoms with Crippen molar-refractivity contribution in [1.29, 1.82) is 0 Å². The van der Waals surface area contributed by atoms with E-state index in [9.17, 15) is 14.9 Å². The van der Waals surface area contributed by atoms with Crippen LogP contribution < -0.4 is 16.2 Å². The van der Waals surface area contributed by atoms with Crippen LogP contribution in [-0.4, -0.2) is 25.8 Å². The first-order chi connectivity index (χ1) is 13.4. The van der Waals surface area contributed by atoms with Crippen molar-refractivity contribution in [3.05, 3.63) is 75.2 Å². The van der Waals surface area contributed by atoms with E-state index in [4.69, 9.17) is 11.6 Å². The number of carbonyl (C=O) groups is 1. The first kappa shape index (κ1) is 19.0. The van der Waals surface area contributed by atoms with Gasteiger partial charge in [0.1, 0.15) is 12.1 Å². The molecule has 1 amide bonds. The van der Waals surface area contributed by atoms with Gasteiger partial charge in [-0.25, -0.2) is 15.0 Å². The lowest BCUT2D eigenvalue weighted by molar-refractivity contribution is -0.383. The van der Waals surface area contributed by atoms with Crippen LogP contribution in [-0.2, 0) is 0 Å². The minimum atomic E-state index is -0.658. The molecule has 0 aliphatic carbocycles. The zero-order chi connectivity index (χ0) is 20.1. The molecule has 142 valence electrons. The minimum Gasteiger partial charge on any atom is -0.319 e. The van der Waals surface area contributed by atoms with Gasteiger partial charge in [0.25, 0.3) is 5.91 Å². The van der Waals surface area contributed by atoms with E-state index >= 15 is 0 Å². The van der Waals surface area contributed by atoms with E-state index in [1.165, 1.54) is 12.1 Å². The van der Waals surface area contributed by atoms with Gasteiger partial charge >= 0.3 is 5.69 Å². The van der Waals surface area contributed by atoms with E-state index < -0.39 is 16.5 Å². The minimum absolute atomic E-state index is 0.0682. The van der Waals surface area contributed by atoms with Crippen LogP contribution >= 0.6 is 11.6 Å². The molecule has 2 aromatic heterocycles. The topological polar surface area (TPSA) is 135 Å². The molecule has 28 heavy (non-hydrogen) atoms. The largest absolute Gasteiger partial charge is 0.355 e. The Morgan fingerprint density at radius 1 is 1.11 bits per heavy atom. The second-order valence-corrected chi connectivity index (χ2v) is 6.04. The van der Waals surface area contributed by atoms with Gasteiger partial charge in [-0.3, -0.25) is 25.8 Å². The van der Waals surface area contributed by atoms with Gasteiger partial charge < -0.3 is 5.32 Å². The smallest absolute Gasteiger partial charge is 0.319 e. The van der Waals surface area contributed by atoms with E-state index in [-0.39, 0.29) is 11.6 Å². The molecule has 2 heterocycles. The molecule has 0 spiro atoms. The summed E-state index contributed by atoms with van der Waals surface area (Å²) in [7, 11) is 0. The highest BCUT2D eigenvalue weighted by Gasteiger charge is 2.24. The van der Waals surface area contributed by atoms with Crippen molar-refractivity contribution in [1.82, 2.24) is 20.4 Å². The fourth-order valence-electron chi connectivity index (χ4n) is 2.25. The number of hydrogen-bond acceptors (Lipinski definition) is 8. The van der Waals surface area contributed by atoms with Crippen molar-refractivity contribution in [2.45, 2.75) is 6.92 Å². The van der Waals surface area contributed by atoms with Crippen LogP contribution in [0.5, 0.6) is 0 Å². The van der Waals surface area contributed by atoms with E-state index in [0.717, 1.165) is 11.9 Å². The molecule has 0 aliphatic heterocycles. The van der Waals surface area contributed by atoms with Crippen molar-refractivity contribution >= 4 is 40.6 Å². The lowest BCUT2D eigenvalue weighted by Crippen LogP contribution is -2.30. The van der Waals surface area contributed by atoms with Crippen molar-refractivity contribution in [2.24, 2.45) is 0 Å². The molecular formula is C17H14ClN7O3. The Balaban J connectivity index is 1.82. The maximum Gasteiger partial charge on any atom is 0.355 e. The van der Waals surface area contributed by atoms with Crippen LogP contribution in [0.15, 0.2) is 48.9 Å². The number of anilines is 3. The van der Waals surface area contributed by atoms with Crippen molar-refractivity contribution in [3.63, 3.8) is 0 Å². The van der Waals surface area contributed by atoms with Gasteiger partial charge in [0.2, 0.25) is 11.6 Å². The lowest BCUT2D eigenvalue weighted by Gasteiger charge is -2.11. The molecular weight excluding hydrogens is 386 g/mol. The highest BCUT2D eigenvalue weighted by Crippen LogP contribution is 2.30. The molecule has 0 fully saturated rings. The number of nitrogens with one attached hydrogen (secondary N) is 3. The SMILES string of the molecule is Cc1ccnc(Nc2ncnc(NNC(=O)c3ccc(Cl)cc3)c2[N+](=O)[O-])c1. The molecule has 3 rings (SSSR count). The Morgan fingerprint density at radius 2 is 1.82 bits per heavy atom. The van der Waals surface area contributed by atoms with Crippen LogP contribution in [0.2, 0.25) is 5.02 Å². The number of pyridine rings is 1. The van der Waals surface area contributed by atoms with Crippen LogP contribution in [0.4, 0.5) is 23.1 Å². The third kappa shape index (κ3) is 4.48. The number of aromatic nitrogens is 3. The first-order valence-corrected chi connectivity index (χ1v) is 8.33. The van der Waals surface area contributed by atoms with Gasteiger partial charge in [-0.15, -0.1) is 0 Å². The van der Waals surface area contributed by atoms with E-state index in [1.54, 1.807) is 30.5 Å². The molecule has 0 saturated carbocycles. The van der Waals surface area contributed by atoms with Crippen molar-refractivity contribution in [3.8, 4) is 0 Å². The third-order valence-electron chi connectivity index (χ3n) is 3.57. The summed E-state index contributed by atoms with van der Waals surface area (Å²) in [6, 6.07) is 9.65. The average molecular weight is 400 g/mol. The number of carbonyl (C=O) groups excluding carboxylic acids is 1. The number of hydrogen-bond donors (Lipinski definition) is 3. The normalized spacial score (nSPS) is 10.2. The van der Waals surface area contributed by atoms with Crippen molar-refractivity contribution < 1.29 is 9.72 Å². The predicted molar refractivity (Wildman–Crippen MR) is 103 cm³/mol. The Hall–Kier alpha value is -3.79. The molecule has 0 bridgehead atoms.